The summed E-state index contributed by atoms with van der Waals surface area (Å²) in [5.74, 6) is -4.47. The molecule has 18 rings (SSSR count). The molecule has 3 aromatic heterocycles. The van der Waals surface area contributed by atoms with Crippen LogP contribution in [0.4, 0.5) is 31.9 Å². The van der Waals surface area contributed by atoms with Gasteiger partial charge in [0.1, 0.15) is 77.7 Å². The Labute approximate surface area is 858 Å². The first kappa shape index (κ1) is 109. The number of amides is 6. The van der Waals surface area contributed by atoms with E-state index in [-0.39, 0.29) is 153 Å². The van der Waals surface area contributed by atoms with Crippen molar-refractivity contribution in [3.8, 4) is 34.9 Å². The van der Waals surface area contributed by atoms with E-state index < -0.39 is 149 Å². The Hall–Kier alpha value is -8.82. The molecular weight excluding hydrogens is 1930 g/mol. The van der Waals surface area contributed by atoms with Crippen LogP contribution in [0.3, 0.4) is 0 Å². The van der Waals surface area contributed by atoms with Crippen molar-refractivity contribution in [2.75, 3.05) is 39.5 Å². The van der Waals surface area contributed by atoms with Gasteiger partial charge in [-0.1, -0.05) is 140 Å². The predicted octanol–water partition coefficient (Wildman–Crippen LogP) is 16.9. The number of alkyl halides is 4. The van der Waals surface area contributed by atoms with Gasteiger partial charge in [0.25, 0.3) is 11.8 Å². The maximum atomic E-state index is 16.2. The maximum Gasteiger partial charge on any atom is 0.408 e. The Morgan fingerprint density at radius 3 is 1.06 bits per heavy atom. The first-order chi connectivity index (χ1) is 65.7. The van der Waals surface area contributed by atoms with Gasteiger partial charge >= 0.3 is 18.3 Å². The molecule has 141 heavy (non-hydrogen) atoms. The van der Waals surface area contributed by atoms with E-state index in [1.165, 1.54) is 21.1 Å². The van der Waals surface area contributed by atoms with E-state index in [4.69, 9.17) is 52.6 Å². The molecule has 6 unspecified atom stereocenters. The molecule has 3 N–H and O–H groups in total. The number of halogens is 4. The van der Waals surface area contributed by atoms with E-state index in [1.54, 1.807) is 43.3 Å². The third-order valence-corrected chi connectivity index (χ3v) is 31.0. The van der Waals surface area contributed by atoms with Crippen LogP contribution >= 0.6 is 0 Å². The van der Waals surface area contributed by atoms with Crippen molar-refractivity contribution in [3.05, 3.63) is 71.7 Å². The molecule has 0 spiro atoms. The number of aromatic nitrogens is 6. The fourth-order valence-electron chi connectivity index (χ4n) is 23.3. The van der Waals surface area contributed by atoms with Crippen LogP contribution in [0.5, 0.6) is 34.9 Å². The first-order valence-electron chi connectivity index (χ1n) is 50.3. The van der Waals surface area contributed by atoms with E-state index in [1.807, 2.05) is 128 Å². The number of alkyl carbamates (subject to hydrolysis) is 3. The van der Waals surface area contributed by atoms with E-state index >= 15 is 17.6 Å². The summed E-state index contributed by atoms with van der Waals surface area (Å²) < 4.78 is 118. The van der Waals surface area contributed by atoms with Crippen LogP contribution in [0.25, 0.3) is 33.1 Å². The number of nitrogens with zero attached hydrogens (tertiary/aromatic N) is 9. The summed E-state index contributed by atoms with van der Waals surface area (Å²) in [7, 11) is 0. The average Bonchev–Trinajstić information content (AvgIpc) is 1.60. The molecule has 6 aliphatic heterocycles. The molecule has 3 aromatic carbocycles. The molecule has 6 aromatic rings. The van der Waals surface area contributed by atoms with Crippen LogP contribution in [0.2, 0.25) is 0 Å². The summed E-state index contributed by atoms with van der Waals surface area (Å²) >= 11 is 0. The number of hydrogen-bond donors (Lipinski definition) is 3. The standard InChI is InChI=1S/C35H45F2N4O6.C35H47N4O6.C34H43F2N4O6.3V/c1-6-21-26(18-42)41-17-28(21)46-31-29(38-24-12-11-20(45-7-2)16-25(24)39-31)35(36,37)13-9-8-10-22-23-14-19(23)15-27(22)47-33(44)40-30(32(41)43)34(3,4)5;1-6-22-28(19-40)39-18-30(22)44-32-26(36-25-14-13-21(43-7-2)17-27(25)37-32)12-10-8-9-11-23-24-15-20(24)16-29(23)45-34(42)38-31(33(39)41)35(3,4)5;1-6-44-20-10-11-23-24(15-20)38-30-28(37-23)34(35,36)12-8-7-9-21-22-13-19(22)14-26(21)46-32(43)39-29(33(3,4)5)31(42)40-16-27(45-30)18(2)25(40)17-41;;;/h11-12,16,19,21-23,26-28,30H,6-10,13-15,17H2,1-5H3,(H,40,44);13-14,17,20,22-24,28-31H,6-12,15-16,18H2,1-5H3,(H,38,42);10-11,15,18-19,21-22,25-27,29H,6-9,12-14,16H2,1-5H3,(H,39,43);;;/q3*-1;;;/t19?,21-,22+,23?,26+,27+,28-,30+;20?,22-,23+,24?,28+,29+,30-,31+;18-,19?,21+,22?,25+,26+,27-,29+;;;/m000.../s1. The Morgan fingerprint density at radius 2 is 0.716 bits per heavy atom. The summed E-state index contributed by atoms with van der Waals surface area (Å²) in [6.45, 7) is 29.1. The average molecular weight is 2070 g/mol. The Morgan fingerprint density at radius 1 is 0.390 bits per heavy atom. The smallest absolute Gasteiger partial charge is 0.408 e. The van der Waals surface area contributed by atoms with E-state index in [0.29, 0.717) is 146 Å². The van der Waals surface area contributed by atoms with Crippen molar-refractivity contribution in [3.63, 3.8) is 0 Å². The fourth-order valence-corrected chi connectivity index (χ4v) is 23.3. The Balaban J connectivity index is 0.000000176. The third kappa shape index (κ3) is 24.1. The molecular formula is C104H135F4N12O18V3-3. The minimum Gasteiger partial charge on any atom is -0.540 e. The van der Waals surface area contributed by atoms with Gasteiger partial charge in [-0.25, -0.2) is 63.1 Å². The SMILES string of the molecule is CCOc1ccc2nc3c(nc2c1)O[C@H]1CN(C(=O)[C@H](C(C)(C)C)NC(=O)O[C@@H]2CC4CC4[C@H]2CCCCC3(F)F)[C@H]([C-]=O)[C@@H]1C.CCOc1ccc2nc3c(nc2c1)O[C@H]1CN(C(=O)[C@H](C(C)(C)C)NC(=O)O[C@@H]2CC4CC4[C@H]2CCCCC3(F)F)[C@H]([C-]=O)[C@@H]1CC.CCOc1ccc2nc3c(nc2c1)O[C@H]1CN(C(=O)[C@H](C(C)(C)C)NC(=O)O[C@@H]2CC4CC4[C@H]2CCCCC3)[C@H]([C-]=O)[C@@H]1CC.[V].[V].[V]. The topological polar surface area (TPSA) is 360 Å². The van der Waals surface area contributed by atoms with Gasteiger partial charge in [0.15, 0.2) is 11.4 Å². The quantitative estimate of drug-likeness (QED) is 0.0616. The van der Waals surface area contributed by atoms with Gasteiger partial charge in [0.05, 0.1) is 72.6 Å². The van der Waals surface area contributed by atoms with Crippen molar-refractivity contribution in [2.24, 2.45) is 87.3 Å². The number of hydrogen-bond acceptors (Lipinski definition) is 24. The second-order valence-corrected chi connectivity index (χ2v) is 43.5. The molecule has 12 aliphatic rings. The van der Waals surface area contributed by atoms with Gasteiger partial charge in [-0.05, 0) is 228 Å². The summed E-state index contributed by atoms with van der Waals surface area (Å²) in [5.41, 5.74) is 0.185. The summed E-state index contributed by atoms with van der Waals surface area (Å²) in [4.78, 5) is 151. The van der Waals surface area contributed by atoms with Crippen molar-refractivity contribution in [1.29, 1.82) is 0 Å². The Bertz CT molecular complexity index is 5500. The zero-order valence-corrected chi connectivity index (χ0v) is 87.6. The first-order valence-corrected chi connectivity index (χ1v) is 50.3. The molecule has 6 aliphatic carbocycles. The van der Waals surface area contributed by atoms with E-state index in [2.05, 4.69) is 42.2 Å². The van der Waals surface area contributed by atoms with Crippen molar-refractivity contribution in [2.45, 2.75) is 323 Å². The molecule has 24 atom stereocenters. The van der Waals surface area contributed by atoms with E-state index in [9.17, 15) is 43.2 Å². The van der Waals surface area contributed by atoms with Crippen LogP contribution in [0.1, 0.15) is 249 Å². The summed E-state index contributed by atoms with van der Waals surface area (Å²) in [6, 6.07) is 9.68. The number of ether oxygens (including phenoxy) is 9. The molecule has 37 heteroatoms. The number of carbonyl (C=O) groups is 6. The van der Waals surface area contributed by atoms with Gasteiger partial charge in [-0.2, -0.15) is 17.6 Å². The summed E-state index contributed by atoms with van der Waals surface area (Å²) in [5, 5.41) is 8.53. The number of fused-ring (bicyclic) bond motifs is 21. The van der Waals surface area contributed by atoms with Gasteiger partial charge in [-0.15, -0.1) is 0 Å². The predicted molar refractivity (Wildman–Crippen MR) is 502 cm³/mol. The van der Waals surface area contributed by atoms with Gasteiger partial charge in [0.2, 0.25) is 35.4 Å². The van der Waals surface area contributed by atoms with Gasteiger partial charge in [-0.3, -0.25) is 14.4 Å². The number of benzene rings is 3. The number of carbonyl (C=O) groups excluding carboxylic acids is 9. The third-order valence-electron chi connectivity index (χ3n) is 31.0. The molecule has 6 amide bonds. The number of rotatable bonds is 11. The second-order valence-electron chi connectivity index (χ2n) is 43.5. The minimum absolute atomic E-state index is 0. The maximum absolute atomic E-state index is 16.2. The zero-order chi connectivity index (χ0) is 98.5. The molecule has 3 saturated heterocycles. The number of aryl methyl sites for hydroxylation is 1. The van der Waals surface area contributed by atoms with Crippen LogP contribution in [0.15, 0.2) is 54.6 Å². The molecule has 30 nitrogen and oxygen atoms in total. The second kappa shape index (κ2) is 45.0. The Kier molecular flexibility index (Phi) is 35.0. The number of nitrogens with one attached hydrogen (secondary N) is 3. The van der Waals surface area contributed by atoms with Crippen molar-refractivity contribution >= 4 is 88.0 Å². The largest absolute Gasteiger partial charge is 0.540 e. The van der Waals surface area contributed by atoms with E-state index in [0.717, 1.165) is 69.0 Å². The van der Waals surface area contributed by atoms with Crippen molar-refractivity contribution < 1.29 is 159 Å². The summed E-state index contributed by atoms with van der Waals surface area (Å²) in [6.07, 6.45) is 14.5. The van der Waals surface area contributed by atoms with Crippen LogP contribution < -0.4 is 44.4 Å². The van der Waals surface area contributed by atoms with Crippen molar-refractivity contribution in [1.82, 2.24) is 60.6 Å². The molecule has 9 fully saturated rings. The molecule has 6 saturated carbocycles. The van der Waals surface area contributed by atoms with Crippen LogP contribution in [-0.2, 0) is 117 Å². The van der Waals surface area contributed by atoms with Gasteiger partial charge in [0, 0.05) is 86.7 Å². The molecule has 6 bridgehead atoms. The van der Waals surface area contributed by atoms with Gasteiger partial charge < -0.3 is 87.7 Å². The molecule has 9 heterocycles. The molecule has 765 valence electrons. The van der Waals surface area contributed by atoms with Crippen LogP contribution in [0, 0.1) is 87.3 Å². The zero-order valence-electron chi connectivity index (χ0n) is 83.4. The van der Waals surface area contributed by atoms with Crippen LogP contribution in [-0.4, -0.2) is 212 Å². The normalized spacial score (nSPS) is 31.9. The monoisotopic (exact) mass is 2070 g/mol. The fraction of sp³-hybridized carbons (Fsp3) is 0.683. The minimum atomic E-state index is -3.36. The molecule has 3 radical (unpaired) electrons.